The Bertz CT molecular complexity index is 610. The van der Waals surface area contributed by atoms with Crippen LogP contribution in [0.4, 0.5) is 5.69 Å². The fourth-order valence-electron chi connectivity index (χ4n) is 2.40. The topological polar surface area (TPSA) is 72.2 Å². The predicted molar refractivity (Wildman–Crippen MR) is 82.1 cm³/mol. The van der Waals surface area contributed by atoms with Crippen LogP contribution in [0.15, 0.2) is 28.7 Å². The maximum atomic E-state index is 12.2. The van der Waals surface area contributed by atoms with Crippen molar-refractivity contribution in [3.8, 4) is 0 Å². The van der Waals surface area contributed by atoms with E-state index in [0.717, 1.165) is 30.4 Å². The van der Waals surface area contributed by atoms with Crippen LogP contribution in [0.5, 0.6) is 0 Å². The summed E-state index contributed by atoms with van der Waals surface area (Å²) >= 11 is 0. The second-order valence-corrected chi connectivity index (χ2v) is 7.12. The van der Waals surface area contributed by atoms with Crippen LogP contribution in [0.1, 0.15) is 36.8 Å². The maximum absolute atomic E-state index is 12.2. The lowest BCUT2D eigenvalue weighted by Crippen LogP contribution is -2.25. The van der Waals surface area contributed by atoms with Crippen LogP contribution in [0.3, 0.4) is 0 Å². The fourth-order valence-corrected chi connectivity index (χ4v) is 3.55. The van der Waals surface area contributed by atoms with Crippen molar-refractivity contribution in [1.82, 2.24) is 4.72 Å². The molecule has 3 N–H and O–H groups in total. The van der Waals surface area contributed by atoms with Crippen molar-refractivity contribution in [2.75, 3.05) is 12.3 Å². The standard InChI is InChI=1S/C15H22N2O2S/c1-11-9-14(10-15(16)12(11)2)20(18,19)17-8-7-13-5-3-4-6-13/h5,9-10,17H,3-4,6-8,16H2,1-2H3. The Morgan fingerprint density at radius 3 is 2.65 bits per heavy atom. The van der Waals surface area contributed by atoms with Gasteiger partial charge >= 0.3 is 0 Å². The van der Waals surface area contributed by atoms with Crippen LogP contribution in [-0.2, 0) is 10.0 Å². The summed E-state index contributed by atoms with van der Waals surface area (Å²) in [5.74, 6) is 0. The molecular weight excluding hydrogens is 272 g/mol. The third-order valence-corrected chi connectivity index (χ3v) is 5.31. The molecule has 0 aromatic heterocycles. The van der Waals surface area contributed by atoms with Gasteiger partial charge in [-0.3, -0.25) is 0 Å². The summed E-state index contributed by atoms with van der Waals surface area (Å²) in [6.07, 6.45) is 6.41. The van der Waals surface area contributed by atoms with E-state index in [1.54, 1.807) is 6.07 Å². The summed E-state index contributed by atoms with van der Waals surface area (Å²) in [6.45, 7) is 4.20. The second-order valence-electron chi connectivity index (χ2n) is 5.36. The lowest BCUT2D eigenvalue weighted by molar-refractivity contribution is 0.581. The van der Waals surface area contributed by atoms with E-state index >= 15 is 0 Å². The Hall–Kier alpha value is -1.33. The zero-order valence-corrected chi connectivity index (χ0v) is 12.9. The molecule has 0 unspecified atom stereocenters. The summed E-state index contributed by atoms with van der Waals surface area (Å²) < 4.78 is 27.1. The van der Waals surface area contributed by atoms with Gasteiger partial charge in [-0.05, 0) is 62.8 Å². The average Bonchev–Trinajstić information content (AvgIpc) is 2.88. The highest BCUT2D eigenvalue weighted by molar-refractivity contribution is 7.89. The molecule has 0 heterocycles. The average molecular weight is 294 g/mol. The summed E-state index contributed by atoms with van der Waals surface area (Å²) in [5, 5.41) is 0. The van der Waals surface area contributed by atoms with Gasteiger partial charge in [-0.2, -0.15) is 0 Å². The van der Waals surface area contributed by atoms with E-state index in [1.807, 2.05) is 13.8 Å². The molecule has 0 saturated carbocycles. The molecule has 0 aliphatic heterocycles. The Kier molecular flexibility index (Phi) is 4.50. The molecule has 0 atom stereocenters. The van der Waals surface area contributed by atoms with Gasteiger partial charge in [-0.25, -0.2) is 13.1 Å². The highest BCUT2D eigenvalue weighted by Crippen LogP contribution is 2.22. The Morgan fingerprint density at radius 1 is 1.30 bits per heavy atom. The van der Waals surface area contributed by atoms with Crippen molar-refractivity contribution in [3.05, 3.63) is 34.9 Å². The number of hydrogen-bond acceptors (Lipinski definition) is 3. The molecule has 4 nitrogen and oxygen atoms in total. The first-order valence-electron chi connectivity index (χ1n) is 6.94. The quantitative estimate of drug-likeness (QED) is 0.648. The highest BCUT2D eigenvalue weighted by Gasteiger charge is 2.16. The van der Waals surface area contributed by atoms with E-state index in [-0.39, 0.29) is 4.90 Å². The van der Waals surface area contributed by atoms with Crippen LogP contribution >= 0.6 is 0 Å². The summed E-state index contributed by atoms with van der Waals surface area (Å²) in [7, 11) is -3.47. The third-order valence-electron chi connectivity index (χ3n) is 3.86. The molecule has 1 aliphatic rings. The number of nitrogen functional groups attached to an aromatic ring is 1. The number of hydrogen-bond donors (Lipinski definition) is 2. The fraction of sp³-hybridized carbons (Fsp3) is 0.467. The first-order chi connectivity index (χ1) is 9.40. The number of nitrogens with one attached hydrogen (secondary N) is 1. The van der Waals surface area contributed by atoms with Gasteiger partial charge in [0.15, 0.2) is 0 Å². The summed E-state index contributed by atoms with van der Waals surface area (Å²) in [5.41, 5.74) is 9.54. The molecule has 2 rings (SSSR count). The smallest absolute Gasteiger partial charge is 0.240 e. The van der Waals surface area contributed by atoms with Crippen molar-refractivity contribution in [3.63, 3.8) is 0 Å². The molecule has 1 aromatic carbocycles. The Labute approximate surface area is 121 Å². The third kappa shape index (κ3) is 3.41. The SMILES string of the molecule is Cc1cc(S(=O)(=O)NCCC2=CCCC2)cc(N)c1C. The number of allylic oxidation sites excluding steroid dienone is 1. The Balaban J connectivity index is 2.06. The van der Waals surface area contributed by atoms with E-state index in [9.17, 15) is 8.42 Å². The lowest BCUT2D eigenvalue weighted by atomic mass is 10.1. The van der Waals surface area contributed by atoms with E-state index < -0.39 is 10.0 Å². The second kappa shape index (κ2) is 5.97. The zero-order chi connectivity index (χ0) is 14.8. The molecule has 1 aromatic rings. The molecule has 1 aliphatic carbocycles. The van der Waals surface area contributed by atoms with Gasteiger partial charge in [0.2, 0.25) is 10.0 Å². The van der Waals surface area contributed by atoms with E-state index in [0.29, 0.717) is 12.2 Å². The molecule has 0 bridgehead atoms. The van der Waals surface area contributed by atoms with E-state index in [2.05, 4.69) is 10.8 Å². The Morgan fingerprint density at radius 2 is 2.05 bits per heavy atom. The molecule has 0 radical (unpaired) electrons. The van der Waals surface area contributed by atoms with Crippen LogP contribution in [0.2, 0.25) is 0 Å². The highest BCUT2D eigenvalue weighted by atomic mass is 32.2. The zero-order valence-electron chi connectivity index (χ0n) is 12.1. The van der Waals surface area contributed by atoms with Crippen LogP contribution in [-0.4, -0.2) is 15.0 Å². The van der Waals surface area contributed by atoms with Gasteiger partial charge in [-0.15, -0.1) is 0 Å². The number of rotatable bonds is 5. The molecule has 110 valence electrons. The van der Waals surface area contributed by atoms with Gasteiger partial charge in [-0.1, -0.05) is 11.6 Å². The van der Waals surface area contributed by atoms with Gasteiger partial charge in [0.1, 0.15) is 0 Å². The summed E-state index contributed by atoms with van der Waals surface area (Å²) in [6, 6.07) is 3.20. The van der Waals surface area contributed by atoms with Crippen LogP contribution in [0, 0.1) is 13.8 Å². The number of benzene rings is 1. The van der Waals surface area contributed by atoms with E-state index in [1.165, 1.54) is 18.1 Å². The first kappa shape index (κ1) is 15.1. The number of sulfonamides is 1. The molecule has 5 heteroatoms. The van der Waals surface area contributed by atoms with E-state index in [4.69, 9.17) is 5.73 Å². The van der Waals surface area contributed by atoms with Crippen molar-refractivity contribution >= 4 is 15.7 Å². The lowest BCUT2D eigenvalue weighted by Gasteiger charge is -2.11. The molecule has 20 heavy (non-hydrogen) atoms. The van der Waals surface area contributed by atoms with Crippen molar-refractivity contribution in [2.24, 2.45) is 0 Å². The number of anilines is 1. The number of aryl methyl sites for hydroxylation is 1. The molecule has 0 spiro atoms. The normalized spacial score (nSPS) is 15.4. The molecule has 0 fully saturated rings. The largest absolute Gasteiger partial charge is 0.398 e. The number of nitrogens with two attached hydrogens (primary N) is 1. The van der Waals surface area contributed by atoms with Gasteiger partial charge in [0.05, 0.1) is 4.90 Å². The van der Waals surface area contributed by atoms with Crippen molar-refractivity contribution in [2.45, 2.75) is 44.4 Å². The van der Waals surface area contributed by atoms with Crippen molar-refractivity contribution in [1.29, 1.82) is 0 Å². The molecule has 0 saturated heterocycles. The van der Waals surface area contributed by atoms with Gasteiger partial charge in [0.25, 0.3) is 0 Å². The minimum Gasteiger partial charge on any atom is -0.398 e. The summed E-state index contributed by atoms with van der Waals surface area (Å²) in [4.78, 5) is 0.249. The minimum atomic E-state index is -3.47. The molecular formula is C15H22N2O2S. The maximum Gasteiger partial charge on any atom is 0.240 e. The van der Waals surface area contributed by atoms with Gasteiger partial charge < -0.3 is 5.73 Å². The predicted octanol–water partition coefficient (Wildman–Crippen LogP) is 2.66. The van der Waals surface area contributed by atoms with Crippen molar-refractivity contribution < 1.29 is 8.42 Å². The van der Waals surface area contributed by atoms with Gasteiger partial charge in [0, 0.05) is 12.2 Å². The van der Waals surface area contributed by atoms with Crippen LogP contribution < -0.4 is 10.5 Å². The minimum absolute atomic E-state index is 0.249. The van der Waals surface area contributed by atoms with Crippen LogP contribution in [0.25, 0.3) is 0 Å². The monoisotopic (exact) mass is 294 g/mol. The molecule has 0 amide bonds. The first-order valence-corrected chi connectivity index (χ1v) is 8.43.